The van der Waals surface area contributed by atoms with Crippen LogP contribution in [-0.2, 0) is 30.3 Å². The van der Waals surface area contributed by atoms with Gasteiger partial charge in [0, 0.05) is 19.4 Å². The van der Waals surface area contributed by atoms with Crippen molar-refractivity contribution in [3.63, 3.8) is 0 Å². The Morgan fingerprint density at radius 3 is 2.59 bits per heavy atom. The maximum absolute atomic E-state index is 13.5. The van der Waals surface area contributed by atoms with E-state index in [-0.39, 0.29) is 30.6 Å². The first-order valence-corrected chi connectivity index (χ1v) is 11.4. The number of benzene rings is 1. The van der Waals surface area contributed by atoms with Crippen LogP contribution in [0, 0.1) is 0 Å². The summed E-state index contributed by atoms with van der Waals surface area (Å²) in [5, 5.41) is 2.75. The van der Waals surface area contributed by atoms with Gasteiger partial charge in [0.05, 0.1) is 6.42 Å². The molecule has 3 atom stereocenters. The Kier molecular flexibility index (Phi) is 8.20. The molecule has 1 aromatic rings. The minimum absolute atomic E-state index is 0.283. The molecule has 32 heavy (non-hydrogen) atoms. The van der Waals surface area contributed by atoms with Crippen molar-refractivity contribution in [1.82, 2.24) is 10.2 Å². The number of nitrogens with zero attached hydrogens (tertiary/aromatic N) is 1. The number of Topliss-reactive ketones (excluding diaryl/α,β-unsaturated/α-hetero) is 1. The van der Waals surface area contributed by atoms with Crippen molar-refractivity contribution in [1.29, 1.82) is 0 Å². The van der Waals surface area contributed by atoms with E-state index in [2.05, 4.69) is 5.32 Å². The van der Waals surface area contributed by atoms with Crippen LogP contribution >= 0.6 is 0 Å². The first kappa shape index (κ1) is 23.7. The Hall–Kier alpha value is -2.96. The Balaban J connectivity index is 1.91. The molecule has 1 aromatic carbocycles. The van der Waals surface area contributed by atoms with E-state index in [0.29, 0.717) is 37.8 Å². The molecule has 0 aromatic heterocycles. The second kappa shape index (κ2) is 11.1. The lowest BCUT2D eigenvalue weighted by Gasteiger charge is -2.29. The van der Waals surface area contributed by atoms with Crippen molar-refractivity contribution >= 4 is 23.6 Å². The molecule has 172 valence electrons. The second-order valence-corrected chi connectivity index (χ2v) is 8.57. The molecule has 0 saturated carbocycles. The van der Waals surface area contributed by atoms with Crippen molar-refractivity contribution in [3.8, 4) is 0 Å². The van der Waals surface area contributed by atoms with E-state index in [1.165, 1.54) is 4.90 Å². The topological polar surface area (TPSA) is 92.8 Å². The summed E-state index contributed by atoms with van der Waals surface area (Å²) in [6, 6.07) is 7.88. The van der Waals surface area contributed by atoms with Gasteiger partial charge >= 0.3 is 5.97 Å². The SMILES string of the molecule is CCC[C@@H]1C/C=C(/C)C(=O)CC(=O)N[C@H](Cc2ccccc2)C(=O)N2CCC[C@H]2C(=O)O1. The van der Waals surface area contributed by atoms with Crippen LogP contribution in [0.3, 0.4) is 0 Å². The van der Waals surface area contributed by atoms with Crippen LogP contribution in [0.25, 0.3) is 0 Å². The molecule has 3 rings (SSSR count). The molecule has 0 spiro atoms. The summed E-state index contributed by atoms with van der Waals surface area (Å²) in [7, 11) is 0. The normalized spacial score (nSPS) is 27.1. The maximum Gasteiger partial charge on any atom is 0.329 e. The van der Waals surface area contributed by atoms with Crippen molar-refractivity contribution in [2.24, 2.45) is 0 Å². The number of rotatable bonds is 4. The van der Waals surface area contributed by atoms with Gasteiger partial charge in [0.25, 0.3) is 0 Å². The summed E-state index contributed by atoms with van der Waals surface area (Å²) in [6.45, 7) is 4.11. The van der Waals surface area contributed by atoms with E-state index < -0.39 is 24.0 Å². The van der Waals surface area contributed by atoms with Gasteiger partial charge in [-0.2, -0.15) is 0 Å². The molecular weight excluding hydrogens is 408 g/mol. The third-order valence-electron chi connectivity index (χ3n) is 6.07. The van der Waals surface area contributed by atoms with Crippen molar-refractivity contribution in [3.05, 3.63) is 47.5 Å². The Morgan fingerprint density at radius 2 is 1.88 bits per heavy atom. The molecule has 7 nitrogen and oxygen atoms in total. The molecule has 2 heterocycles. The number of esters is 1. The van der Waals surface area contributed by atoms with E-state index in [0.717, 1.165) is 12.0 Å². The average Bonchev–Trinajstić information content (AvgIpc) is 3.26. The number of hydrogen-bond donors (Lipinski definition) is 1. The first-order valence-electron chi connectivity index (χ1n) is 11.4. The molecule has 0 aliphatic carbocycles. The second-order valence-electron chi connectivity index (χ2n) is 8.57. The quantitative estimate of drug-likeness (QED) is 0.574. The van der Waals surface area contributed by atoms with Crippen LogP contribution in [-0.4, -0.2) is 53.2 Å². The third-order valence-corrected chi connectivity index (χ3v) is 6.07. The van der Waals surface area contributed by atoms with Crippen molar-refractivity contribution in [2.75, 3.05) is 6.54 Å². The molecule has 2 aliphatic rings. The van der Waals surface area contributed by atoms with E-state index >= 15 is 0 Å². The number of fused-ring (bicyclic) bond motifs is 1. The molecule has 2 amide bonds. The Labute approximate surface area is 189 Å². The van der Waals surface area contributed by atoms with E-state index in [1.54, 1.807) is 13.0 Å². The van der Waals surface area contributed by atoms with E-state index in [9.17, 15) is 19.2 Å². The molecule has 1 N–H and O–H groups in total. The van der Waals surface area contributed by atoms with Crippen LogP contribution < -0.4 is 5.32 Å². The molecule has 7 heteroatoms. The number of allylic oxidation sites excluding steroid dienone is 1. The van der Waals surface area contributed by atoms with Crippen LogP contribution in [0.4, 0.5) is 0 Å². The molecule has 0 unspecified atom stereocenters. The number of ketones is 1. The minimum Gasteiger partial charge on any atom is -0.461 e. The van der Waals surface area contributed by atoms with Crippen LogP contribution in [0.5, 0.6) is 0 Å². The Morgan fingerprint density at radius 1 is 1.12 bits per heavy atom. The first-order chi connectivity index (χ1) is 15.4. The fourth-order valence-corrected chi connectivity index (χ4v) is 4.27. The molecule has 0 radical (unpaired) electrons. The summed E-state index contributed by atoms with van der Waals surface area (Å²) in [5.41, 5.74) is 1.35. The van der Waals surface area contributed by atoms with Gasteiger partial charge in [0.2, 0.25) is 11.8 Å². The average molecular weight is 441 g/mol. The lowest BCUT2D eigenvalue weighted by atomic mass is 10.0. The molecule has 1 fully saturated rings. The van der Waals surface area contributed by atoms with Crippen LogP contribution in [0.15, 0.2) is 42.0 Å². The lowest BCUT2D eigenvalue weighted by Crippen LogP contribution is -2.53. The van der Waals surface area contributed by atoms with Gasteiger partial charge in [0.1, 0.15) is 18.2 Å². The van der Waals surface area contributed by atoms with E-state index in [1.807, 2.05) is 37.3 Å². The zero-order valence-corrected chi connectivity index (χ0v) is 18.8. The van der Waals surface area contributed by atoms with E-state index in [4.69, 9.17) is 4.74 Å². The minimum atomic E-state index is -0.857. The zero-order chi connectivity index (χ0) is 23.1. The van der Waals surface area contributed by atoms with Gasteiger partial charge in [-0.25, -0.2) is 4.79 Å². The number of hydrogen-bond acceptors (Lipinski definition) is 5. The van der Waals surface area contributed by atoms with Crippen LogP contribution in [0.1, 0.15) is 57.9 Å². The van der Waals surface area contributed by atoms with Gasteiger partial charge in [0.15, 0.2) is 5.78 Å². The summed E-state index contributed by atoms with van der Waals surface area (Å²) in [6.07, 6.45) is 4.51. The van der Waals surface area contributed by atoms with Gasteiger partial charge in [-0.05, 0) is 37.3 Å². The standard InChI is InChI=1S/C25H32N2O5/c1-3-8-19-13-12-17(2)22(28)16-23(29)26-20(15-18-9-5-4-6-10-18)24(30)27-14-7-11-21(27)25(31)32-19/h4-6,9-10,12,19-21H,3,7-8,11,13-16H2,1-2H3,(H,26,29)/b17-12-/t19-,20-,21+/m1/s1. The molecule has 1 saturated heterocycles. The highest BCUT2D eigenvalue weighted by Gasteiger charge is 2.39. The number of ether oxygens (including phenoxy) is 1. The number of carbonyl (C=O) groups excluding carboxylic acids is 4. The van der Waals surface area contributed by atoms with Gasteiger partial charge < -0.3 is 15.0 Å². The highest BCUT2D eigenvalue weighted by atomic mass is 16.5. The van der Waals surface area contributed by atoms with Crippen LogP contribution in [0.2, 0.25) is 0 Å². The fourth-order valence-electron chi connectivity index (χ4n) is 4.27. The maximum atomic E-state index is 13.5. The molecule has 2 aliphatic heterocycles. The van der Waals surface area contributed by atoms with Crippen molar-refractivity contribution < 1.29 is 23.9 Å². The monoisotopic (exact) mass is 440 g/mol. The summed E-state index contributed by atoms with van der Waals surface area (Å²) in [5.74, 6) is -1.51. The number of carbonyl (C=O) groups is 4. The fraction of sp³-hybridized carbons (Fsp3) is 0.520. The summed E-state index contributed by atoms with van der Waals surface area (Å²) in [4.78, 5) is 53.1. The number of cyclic esters (lactones) is 1. The molecular formula is C25H32N2O5. The smallest absolute Gasteiger partial charge is 0.329 e. The Bertz CT molecular complexity index is 880. The summed E-state index contributed by atoms with van der Waals surface area (Å²) >= 11 is 0. The van der Waals surface area contributed by atoms with Gasteiger partial charge in [-0.15, -0.1) is 0 Å². The van der Waals surface area contributed by atoms with Gasteiger partial charge in [-0.3, -0.25) is 14.4 Å². The largest absolute Gasteiger partial charge is 0.461 e. The third kappa shape index (κ3) is 6.05. The lowest BCUT2D eigenvalue weighted by molar-refractivity contribution is -0.158. The summed E-state index contributed by atoms with van der Waals surface area (Å²) < 4.78 is 5.78. The zero-order valence-electron chi connectivity index (χ0n) is 18.8. The predicted octanol–water partition coefficient (Wildman–Crippen LogP) is 2.73. The highest BCUT2D eigenvalue weighted by Crippen LogP contribution is 2.23. The number of amides is 2. The highest BCUT2D eigenvalue weighted by molar-refractivity contribution is 6.07. The van der Waals surface area contributed by atoms with Crippen molar-refractivity contribution in [2.45, 2.75) is 77.0 Å². The predicted molar refractivity (Wildman–Crippen MR) is 120 cm³/mol. The number of nitrogens with one attached hydrogen (secondary N) is 1. The molecule has 0 bridgehead atoms. The van der Waals surface area contributed by atoms with Gasteiger partial charge in [-0.1, -0.05) is 49.8 Å².